The molecule has 13 heteroatoms. The van der Waals surface area contributed by atoms with Gasteiger partial charge < -0.3 is 30.5 Å². The number of urea groups is 1. The second-order valence-electron chi connectivity index (χ2n) is 14.7. The quantitative estimate of drug-likeness (QED) is 0.199. The highest BCUT2D eigenvalue weighted by molar-refractivity contribution is 6.30. The summed E-state index contributed by atoms with van der Waals surface area (Å²) in [7, 11) is 0. The minimum absolute atomic E-state index is 0.00459. The van der Waals surface area contributed by atoms with Gasteiger partial charge in [0.2, 0.25) is 5.91 Å². The number of halogens is 2. The third-order valence-electron chi connectivity index (χ3n) is 10.2. The molecular formula is C39H50Cl2N6O5. The lowest BCUT2D eigenvalue weighted by Crippen LogP contribution is -2.59. The summed E-state index contributed by atoms with van der Waals surface area (Å²) in [5.74, 6) is 0.754. The minimum atomic E-state index is -1.06. The zero-order valence-electron chi connectivity index (χ0n) is 30.7. The fourth-order valence-corrected chi connectivity index (χ4v) is 7.12. The van der Waals surface area contributed by atoms with Crippen molar-refractivity contribution in [2.75, 3.05) is 39.4 Å². The summed E-state index contributed by atoms with van der Waals surface area (Å²) in [5.41, 5.74) is 0.863. The first kappa shape index (κ1) is 39.5. The van der Waals surface area contributed by atoms with Gasteiger partial charge in [-0.2, -0.15) is 0 Å². The number of amidine groups is 1. The molecule has 11 nitrogen and oxygen atoms in total. The van der Waals surface area contributed by atoms with Gasteiger partial charge in [-0.05, 0) is 69.0 Å². The zero-order chi connectivity index (χ0) is 37.8. The number of nitrogens with one attached hydrogen (secondary N) is 2. The van der Waals surface area contributed by atoms with Crippen molar-refractivity contribution >= 4 is 41.0 Å². The van der Waals surface area contributed by atoms with Crippen molar-refractivity contribution < 1.29 is 24.5 Å². The lowest BCUT2D eigenvalue weighted by atomic mass is 9.71. The van der Waals surface area contributed by atoms with E-state index in [9.17, 15) is 9.90 Å². The molecule has 2 aliphatic heterocycles. The first-order valence-electron chi connectivity index (χ1n) is 17.8. The number of hydrogen-bond acceptors (Lipinski definition) is 8. The third-order valence-corrected chi connectivity index (χ3v) is 10.7. The maximum Gasteiger partial charge on any atom is 0.326 e. The minimum Gasteiger partial charge on any atom is -0.493 e. The Kier molecular flexibility index (Phi) is 12.2. The van der Waals surface area contributed by atoms with E-state index in [2.05, 4.69) is 31.4 Å². The topological polar surface area (TPSA) is 140 Å². The molecule has 3 amide bonds. The summed E-state index contributed by atoms with van der Waals surface area (Å²) in [6.45, 7) is 13.2. The van der Waals surface area contributed by atoms with Gasteiger partial charge >= 0.3 is 6.03 Å². The maximum atomic E-state index is 15.2. The molecule has 1 unspecified atom stereocenters. The van der Waals surface area contributed by atoms with Crippen LogP contribution in [0.2, 0.25) is 10.0 Å². The van der Waals surface area contributed by atoms with Gasteiger partial charge in [0.15, 0.2) is 0 Å². The molecule has 3 atom stereocenters. The van der Waals surface area contributed by atoms with Crippen LogP contribution in [0.4, 0.5) is 4.79 Å². The fourth-order valence-electron chi connectivity index (χ4n) is 6.87. The lowest BCUT2D eigenvalue weighted by Gasteiger charge is -2.47. The summed E-state index contributed by atoms with van der Waals surface area (Å²) in [6.07, 6.45) is 2.00. The molecule has 3 heterocycles. The second-order valence-corrected chi connectivity index (χ2v) is 15.6. The summed E-state index contributed by atoms with van der Waals surface area (Å²) in [5, 5.41) is 25.6. The Morgan fingerprint density at radius 2 is 1.62 bits per heavy atom. The van der Waals surface area contributed by atoms with Gasteiger partial charge in [-0.1, -0.05) is 68.2 Å². The van der Waals surface area contributed by atoms with Crippen molar-refractivity contribution in [3.8, 4) is 5.75 Å². The molecule has 0 spiro atoms. The molecule has 5 rings (SSSR count). The zero-order valence-corrected chi connectivity index (χ0v) is 32.3. The number of aliphatic hydroxyl groups excluding tert-OH is 2. The number of nitrogens with zero attached hydrogens (tertiary/aromatic N) is 4. The van der Waals surface area contributed by atoms with Gasteiger partial charge in [-0.15, -0.1) is 0 Å². The predicted molar refractivity (Wildman–Crippen MR) is 204 cm³/mol. The molecule has 3 aromatic rings. The SMILES string of the molecule is CCOc1cc(C(C)(C)C)ncc1C1=N[C@@](C)(c2ccc(Cl)cc2)[C@@](C)(c2ccc(Cl)cc2)N1C(=O)N1CCC(NCC(=O)NCC(O)CO)CC1. The van der Waals surface area contributed by atoms with Crippen molar-refractivity contribution in [3.05, 3.63) is 93.2 Å². The number of aliphatic imine (C=N–C) groups is 1. The summed E-state index contributed by atoms with van der Waals surface area (Å²) >= 11 is 12.8. The van der Waals surface area contributed by atoms with Crippen molar-refractivity contribution in [2.24, 2.45) is 4.99 Å². The van der Waals surface area contributed by atoms with Gasteiger partial charge in [0.1, 0.15) is 22.7 Å². The van der Waals surface area contributed by atoms with Crippen molar-refractivity contribution in [1.29, 1.82) is 0 Å². The van der Waals surface area contributed by atoms with Crippen LogP contribution in [-0.2, 0) is 21.3 Å². The standard InChI is InChI=1S/C39H50Cl2N6O5/c1-7-52-32-20-33(37(2,3)4)43-22-31(32)35-45-38(5,25-8-12-27(40)13-9-25)39(6,26-10-14-28(41)15-11-26)47(35)36(51)46-18-16-29(17-19-46)42-23-34(50)44-21-30(49)24-48/h8-15,20,22,29-30,42,48-49H,7,16-19,21,23-24H2,1-6H3,(H,44,50)/t30?,38-,39+/m0/s1. The number of aromatic nitrogens is 1. The van der Waals surface area contributed by atoms with E-state index in [0.29, 0.717) is 59.7 Å². The molecule has 2 aromatic carbocycles. The number of likely N-dealkylation sites (tertiary alicyclic amines) is 1. The van der Waals surface area contributed by atoms with Crippen LogP contribution in [0.5, 0.6) is 5.75 Å². The molecule has 0 saturated carbocycles. The number of carbonyl (C=O) groups excluding carboxylic acids is 2. The van der Waals surface area contributed by atoms with E-state index < -0.39 is 23.8 Å². The molecular weight excluding hydrogens is 703 g/mol. The number of pyridine rings is 1. The highest BCUT2D eigenvalue weighted by Crippen LogP contribution is 2.54. The Morgan fingerprint density at radius 3 is 2.17 bits per heavy atom. The number of benzene rings is 2. The Balaban J connectivity index is 1.56. The van der Waals surface area contributed by atoms with E-state index in [1.54, 1.807) is 11.1 Å². The molecule has 4 N–H and O–H groups in total. The lowest BCUT2D eigenvalue weighted by molar-refractivity contribution is -0.121. The molecule has 1 saturated heterocycles. The number of aliphatic hydroxyl groups is 2. The number of piperidine rings is 1. The van der Waals surface area contributed by atoms with E-state index in [0.717, 1.165) is 16.8 Å². The van der Waals surface area contributed by atoms with E-state index >= 15 is 4.79 Å². The largest absolute Gasteiger partial charge is 0.493 e. The van der Waals surface area contributed by atoms with Crippen LogP contribution >= 0.6 is 23.2 Å². The predicted octanol–water partition coefficient (Wildman–Crippen LogP) is 5.62. The van der Waals surface area contributed by atoms with Crippen molar-refractivity contribution in [3.63, 3.8) is 0 Å². The molecule has 0 aliphatic carbocycles. The van der Waals surface area contributed by atoms with E-state index in [1.807, 2.05) is 80.3 Å². The average molecular weight is 754 g/mol. The van der Waals surface area contributed by atoms with Crippen LogP contribution in [0.1, 0.15) is 76.8 Å². The van der Waals surface area contributed by atoms with Gasteiger partial charge in [-0.25, -0.2) is 4.79 Å². The molecule has 52 heavy (non-hydrogen) atoms. The second kappa shape index (κ2) is 16.1. The van der Waals surface area contributed by atoms with Crippen LogP contribution in [0.15, 0.2) is 65.8 Å². The Labute approximate surface area is 316 Å². The molecule has 1 aromatic heterocycles. The van der Waals surface area contributed by atoms with Crippen LogP contribution in [0, 0.1) is 0 Å². The number of carbonyl (C=O) groups is 2. The first-order valence-corrected chi connectivity index (χ1v) is 18.5. The van der Waals surface area contributed by atoms with Gasteiger partial charge in [-0.3, -0.25) is 19.7 Å². The normalized spacial score (nSPS) is 21.5. The fraction of sp³-hybridized carbons (Fsp3) is 0.487. The molecule has 0 bridgehead atoms. The van der Waals surface area contributed by atoms with Crippen LogP contribution in [0.3, 0.4) is 0 Å². The van der Waals surface area contributed by atoms with Crippen LogP contribution in [0.25, 0.3) is 0 Å². The average Bonchev–Trinajstić information content (AvgIpc) is 3.37. The molecule has 0 radical (unpaired) electrons. The third kappa shape index (κ3) is 8.09. The smallest absolute Gasteiger partial charge is 0.326 e. The first-order chi connectivity index (χ1) is 24.6. The van der Waals surface area contributed by atoms with Crippen LogP contribution < -0.4 is 15.4 Å². The van der Waals surface area contributed by atoms with Crippen molar-refractivity contribution in [1.82, 2.24) is 25.4 Å². The number of ether oxygens (including phenoxy) is 1. The summed E-state index contributed by atoms with van der Waals surface area (Å²) in [6, 6.07) is 16.9. The van der Waals surface area contributed by atoms with Crippen LogP contribution in [-0.4, -0.2) is 94.3 Å². The van der Waals surface area contributed by atoms with E-state index in [-0.39, 0.29) is 36.5 Å². The number of amides is 3. The number of hydrogen-bond donors (Lipinski definition) is 4. The molecule has 280 valence electrons. The maximum absolute atomic E-state index is 15.2. The highest BCUT2D eigenvalue weighted by Gasteiger charge is 2.60. The van der Waals surface area contributed by atoms with Gasteiger partial charge in [0.25, 0.3) is 0 Å². The Bertz CT molecular complexity index is 1760. The summed E-state index contributed by atoms with van der Waals surface area (Å²) in [4.78, 5) is 41.5. The Morgan fingerprint density at radius 1 is 1.02 bits per heavy atom. The van der Waals surface area contributed by atoms with Crippen molar-refractivity contribution in [2.45, 2.75) is 83.0 Å². The van der Waals surface area contributed by atoms with Gasteiger partial charge in [0.05, 0.1) is 31.4 Å². The summed E-state index contributed by atoms with van der Waals surface area (Å²) < 4.78 is 6.26. The van der Waals surface area contributed by atoms with Gasteiger partial charge in [0, 0.05) is 59.1 Å². The monoisotopic (exact) mass is 752 g/mol. The Hall–Kier alpha value is -3.74. The van der Waals surface area contributed by atoms with E-state index in [4.69, 9.17) is 43.0 Å². The molecule has 2 aliphatic rings. The molecule has 1 fully saturated rings. The number of rotatable bonds is 11. The van der Waals surface area contributed by atoms with E-state index in [1.165, 1.54) is 0 Å². The highest BCUT2D eigenvalue weighted by atomic mass is 35.5.